The summed E-state index contributed by atoms with van der Waals surface area (Å²) in [4.78, 5) is 0.732. The van der Waals surface area contributed by atoms with Gasteiger partial charge in [0.15, 0.2) is 5.82 Å². The predicted octanol–water partition coefficient (Wildman–Crippen LogP) is 3.07. The zero-order valence-electron chi connectivity index (χ0n) is 8.88. The van der Waals surface area contributed by atoms with Gasteiger partial charge in [-0.05, 0) is 18.2 Å². The molecule has 0 aliphatic carbocycles. The fraction of sp³-hybridized carbons (Fsp3) is 0.100. The lowest BCUT2D eigenvalue weighted by molar-refractivity contribution is 0.293. The molecule has 3 rings (SSSR count). The number of fused-ring (bicyclic) bond motifs is 1. The van der Waals surface area contributed by atoms with E-state index in [0.717, 1.165) is 4.96 Å². The minimum atomic E-state index is 0.242. The van der Waals surface area contributed by atoms with Crippen molar-refractivity contribution >= 4 is 39.5 Å². The maximum atomic E-state index is 6.00. The highest BCUT2D eigenvalue weighted by Gasteiger charge is 2.09. The predicted molar refractivity (Wildman–Crippen MR) is 69.5 cm³/mol. The zero-order valence-corrected chi connectivity index (χ0v) is 11.2. The molecule has 92 valence electrons. The maximum Gasteiger partial charge on any atom is 0.234 e. The fourth-order valence-corrected chi connectivity index (χ4v) is 2.47. The molecule has 3 aromatic rings. The third-order valence-corrected chi connectivity index (χ3v) is 3.44. The number of rotatable bonds is 3. The SMILES string of the molecule is Clc1ccc(OCc2nnc3scnn23)c(Cl)c1. The van der Waals surface area contributed by atoms with Gasteiger partial charge in [0.05, 0.1) is 5.02 Å². The highest BCUT2D eigenvalue weighted by Crippen LogP contribution is 2.28. The van der Waals surface area contributed by atoms with Crippen molar-refractivity contribution in [2.75, 3.05) is 0 Å². The van der Waals surface area contributed by atoms with Gasteiger partial charge in [-0.3, -0.25) is 0 Å². The van der Waals surface area contributed by atoms with Crippen molar-refractivity contribution < 1.29 is 4.74 Å². The average molecular weight is 301 g/mol. The number of ether oxygens (including phenoxy) is 1. The van der Waals surface area contributed by atoms with Gasteiger partial charge in [-0.25, -0.2) is 0 Å². The Bertz CT molecular complexity index is 696. The molecule has 0 spiro atoms. The van der Waals surface area contributed by atoms with E-state index in [4.69, 9.17) is 27.9 Å². The number of hydrogen-bond donors (Lipinski definition) is 0. The molecule has 0 fully saturated rings. The van der Waals surface area contributed by atoms with Crippen LogP contribution in [0.1, 0.15) is 5.82 Å². The maximum absolute atomic E-state index is 6.00. The second-order valence-electron chi connectivity index (χ2n) is 3.41. The molecule has 0 N–H and O–H groups in total. The summed E-state index contributed by atoms with van der Waals surface area (Å²) in [6.45, 7) is 0.242. The summed E-state index contributed by atoms with van der Waals surface area (Å²) < 4.78 is 7.20. The molecule has 2 heterocycles. The summed E-state index contributed by atoms with van der Waals surface area (Å²) in [5.74, 6) is 1.17. The van der Waals surface area contributed by atoms with E-state index in [1.54, 1.807) is 28.2 Å². The first-order valence-corrected chi connectivity index (χ1v) is 6.59. The van der Waals surface area contributed by atoms with Gasteiger partial charge in [-0.2, -0.15) is 9.61 Å². The minimum Gasteiger partial charge on any atom is -0.484 e. The van der Waals surface area contributed by atoms with Crippen LogP contribution >= 0.6 is 34.5 Å². The van der Waals surface area contributed by atoms with Gasteiger partial charge < -0.3 is 4.74 Å². The van der Waals surface area contributed by atoms with E-state index in [1.165, 1.54) is 11.3 Å². The molecule has 18 heavy (non-hydrogen) atoms. The van der Waals surface area contributed by atoms with E-state index in [2.05, 4.69) is 15.3 Å². The first-order valence-electron chi connectivity index (χ1n) is 4.95. The summed E-state index contributed by atoms with van der Waals surface area (Å²) in [5, 5.41) is 13.1. The molecule has 0 saturated heterocycles. The van der Waals surface area contributed by atoms with E-state index in [-0.39, 0.29) is 6.61 Å². The van der Waals surface area contributed by atoms with Gasteiger partial charge in [-0.15, -0.1) is 10.2 Å². The van der Waals surface area contributed by atoms with Crippen LogP contribution in [-0.4, -0.2) is 19.8 Å². The monoisotopic (exact) mass is 300 g/mol. The van der Waals surface area contributed by atoms with Gasteiger partial charge >= 0.3 is 0 Å². The summed E-state index contributed by atoms with van der Waals surface area (Å²) in [6, 6.07) is 5.05. The van der Waals surface area contributed by atoms with E-state index in [1.807, 2.05) is 0 Å². The van der Waals surface area contributed by atoms with E-state index in [9.17, 15) is 0 Å². The first kappa shape index (κ1) is 11.7. The van der Waals surface area contributed by atoms with Gasteiger partial charge in [-0.1, -0.05) is 34.5 Å². The van der Waals surface area contributed by atoms with Crippen LogP contribution in [0.2, 0.25) is 10.0 Å². The Morgan fingerprint density at radius 3 is 3.00 bits per heavy atom. The van der Waals surface area contributed by atoms with E-state index < -0.39 is 0 Å². The van der Waals surface area contributed by atoms with Crippen molar-refractivity contribution in [1.82, 2.24) is 19.8 Å². The van der Waals surface area contributed by atoms with Crippen LogP contribution in [0.15, 0.2) is 23.7 Å². The number of halogens is 2. The second kappa shape index (κ2) is 4.72. The molecule has 0 unspecified atom stereocenters. The second-order valence-corrected chi connectivity index (χ2v) is 5.07. The smallest absolute Gasteiger partial charge is 0.234 e. The molecule has 0 atom stereocenters. The van der Waals surface area contributed by atoms with E-state index in [0.29, 0.717) is 21.6 Å². The van der Waals surface area contributed by atoms with Crippen LogP contribution in [0.25, 0.3) is 4.96 Å². The van der Waals surface area contributed by atoms with Crippen LogP contribution in [-0.2, 0) is 6.61 Å². The third kappa shape index (κ3) is 2.14. The van der Waals surface area contributed by atoms with Crippen LogP contribution in [0.5, 0.6) is 5.75 Å². The number of nitrogens with zero attached hydrogens (tertiary/aromatic N) is 4. The van der Waals surface area contributed by atoms with Crippen LogP contribution in [0.4, 0.5) is 0 Å². The lowest BCUT2D eigenvalue weighted by Crippen LogP contribution is -2.02. The molecule has 0 radical (unpaired) electrons. The quantitative estimate of drug-likeness (QED) is 0.746. The highest BCUT2D eigenvalue weighted by atomic mass is 35.5. The Labute approximate surface area is 116 Å². The Morgan fingerprint density at radius 2 is 2.17 bits per heavy atom. The Hall–Kier alpha value is -1.37. The largest absolute Gasteiger partial charge is 0.484 e. The summed E-state index contributed by atoms with van der Waals surface area (Å²) in [5.41, 5.74) is 1.70. The van der Waals surface area contributed by atoms with Crippen LogP contribution in [0.3, 0.4) is 0 Å². The van der Waals surface area contributed by atoms with Crippen molar-refractivity contribution in [2.45, 2.75) is 6.61 Å². The van der Waals surface area contributed by atoms with Crippen molar-refractivity contribution in [3.63, 3.8) is 0 Å². The topological polar surface area (TPSA) is 52.3 Å². The fourth-order valence-electron chi connectivity index (χ4n) is 1.43. The van der Waals surface area contributed by atoms with Gasteiger partial charge in [0.2, 0.25) is 4.96 Å². The molecule has 0 bridgehead atoms. The zero-order chi connectivity index (χ0) is 12.5. The molecule has 0 saturated carbocycles. The van der Waals surface area contributed by atoms with Crippen molar-refractivity contribution in [3.8, 4) is 5.75 Å². The Morgan fingerprint density at radius 1 is 1.28 bits per heavy atom. The third-order valence-electron chi connectivity index (χ3n) is 2.25. The summed E-state index contributed by atoms with van der Waals surface area (Å²) in [6.07, 6.45) is 0. The molecular formula is C10H6Cl2N4OS. The molecule has 0 amide bonds. The molecule has 8 heteroatoms. The Balaban J connectivity index is 1.80. The molecule has 2 aromatic heterocycles. The average Bonchev–Trinajstić information content (AvgIpc) is 2.91. The summed E-state index contributed by atoms with van der Waals surface area (Å²) >= 11 is 13.2. The molecule has 0 aliphatic rings. The lowest BCUT2D eigenvalue weighted by atomic mass is 10.3. The summed E-state index contributed by atoms with van der Waals surface area (Å²) in [7, 11) is 0. The standard InChI is InChI=1S/C10H6Cl2N4OS/c11-6-1-2-8(7(12)3-6)17-4-9-14-15-10-16(9)13-5-18-10/h1-3,5H,4H2. The van der Waals surface area contributed by atoms with E-state index >= 15 is 0 Å². The van der Waals surface area contributed by atoms with Gasteiger partial charge in [0, 0.05) is 5.02 Å². The molecule has 1 aromatic carbocycles. The molecule has 0 aliphatic heterocycles. The van der Waals surface area contributed by atoms with Crippen LogP contribution < -0.4 is 4.74 Å². The minimum absolute atomic E-state index is 0.242. The Kier molecular flexibility index (Phi) is 3.07. The van der Waals surface area contributed by atoms with Crippen LogP contribution in [0, 0.1) is 0 Å². The number of benzene rings is 1. The van der Waals surface area contributed by atoms with Crippen molar-refractivity contribution in [3.05, 3.63) is 39.6 Å². The highest BCUT2D eigenvalue weighted by molar-refractivity contribution is 7.14. The molecule has 5 nitrogen and oxygen atoms in total. The molecular weight excluding hydrogens is 295 g/mol. The van der Waals surface area contributed by atoms with Gasteiger partial charge in [0.1, 0.15) is 17.9 Å². The number of aromatic nitrogens is 4. The van der Waals surface area contributed by atoms with Crippen molar-refractivity contribution in [1.29, 1.82) is 0 Å². The van der Waals surface area contributed by atoms with Gasteiger partial charge in [0.25, 0.3) is 0 Å². The number of hydrogen-bond acceptors (Lipinski definition) is 5. The first-order chi connectivity index (χ1) is 8.74. The normalized spacial score (nSPS) is 11.0. The lowest BCUT2D eigenvalue weighted by Gasteiger charge is -2.06. The van der Waals surface area contributed by atoms with Crippen molar-refractivity contribution in [2.24, 2.45) is 0 Å².